The van der Waals surface area contributed by atoms with Crippen molar-refractivity contribution in [2.24, 2.45) is 0 Å². The molecule has 9 heavy (non-hydrogen) atoms. The van der Waals surface area contributed by atoms with Gasteiger partial charge in [0.05, 0.1) is 12.7 Å². The summed E-state index contributed by atoms with van der Waals surface area (Å²) in [6.45, 7) is 6.08. The summed E-state index contributed by atoms with van der Waals surface area (Å²) in [7, 11) is 0. The van der Waals surface area contributed by atoms with Gasteiger partial charge in [-0.25, -0.2) is 0 Å². The first kappa shape index (κ1) is 9.21. The summed E-state index contributed by atoms with van der Waals surface area (Å²) in [6.07, 6.45) is 0.409. The second-order valence-corrected chi connectivity index (χ2v) is 2.45. The second-order valence-electron chi connectivity index (χ2n) is 2.45. The van der Waals surface area contributed by atoms with E-state index in [2.05, 4.69) is 19.2 Å². The van der Waals surface area contributed by atoms with Gasteiger partial charge >= 0.3 is 0 Å². The number of nitrogens with one attached hydrogen (secondary N) is 1. The Morgan fingerprint density at radius 3 is 2.44 bits per heavy atom. The van der Waals surface area contributed by atoms with Crippen molar-refractivity contribution in [2.75, 3.05) is 13.2 Å². The lowest BCUT2D eigenvalue weighted by Crippen LogP contribution is -2.43. The van der Waals surface area contributed by atoms with Gasteiger partial charge in [-0.3, -0.25) is 0 Å². The standard InChI is InChI=1S/C6H13NO.ClH/c1-5-4-8-6(2)3-7-5;/h5-7H,3-4H2,1-2H3;1H/t5-,6?;/m1./s1. The van der Waals surface area contributed by atoms with Crippen LogP contribution in [0.3, 0.4) is 0 Å². The van der Waals surface area contributed by atoms with Gasteiger partial charge in [0.1, 0.15) is 0 Å². The van der Waals surface area contributed by atoms with Gasteiger partial charge in [0, 0.05) is 12.6 Å². The molecule has 0 aromatic carbocycles. The van der Waals surface area contributed by atoms with Gasteiger partial charge < -0.3 is 10.1 Å². The zero-order chi connectivity index (χ0) is 5.98. The van der Waals surface area contributed by atoms with Gasteiger partial charge in [0.25, 0.3) is 0 Å². The molecule has 0 radical (unpaired) electrons. The third-order valence-corrected chi connectivity index (χ3v) is 1.38. The number of rotatable bonds is 0. The van der Waals surface area contributed by atoms with Crippen LogP contribution in [0, 0.1) is 0 Å². The summed E-state index contributed by atoms with van der Waals surface area (Å²) in [6, 6.07) is 0.547. The molecule has 1 N–H and O–H groups in total. The van der Waals surface area contributed by atoms with Crippen LogP contribution in [0.4, 0.5) is 0 Å². The maximum Gasteiger partial charge on any atom is 0.0672 e. The van der Waals surface area contributed by atoms with Crippen LogP contribution >= 0.6 is 12.4 Å². The number of morpholine rings is 1. The van der Waals surface area contributed by atoms with Crippen LogP contribution in [0.15, 0.2) is 0 Å². The molecule has 3 heteroatoms. The van der Waals surface area contributed by atoms with Crippen LogP contribution in [0.5, 0.6) is 0 Å². The Balaban J connectivity index is 0.000000640. The van der Waals surface area contributed by atoms with Gasteiger partial charge in [-0.15, -0.1) is 12.4 Å². The molecule has 0 aliphatic carbocycles. The first-order valence-corrected chi connectivity index (χ1v) is 3.14. The number of hydrogen-bond donors (Lipinski definition) is 1. The molecule has 2 atom stereocenters. The quantitative estimate of drug-likeness (QED) is 0.553. The molecule has 0 aromatic heterocycles. The van der Waals surface area contributed by atoms with Crippen molar-refractivity contribution in [2.45, 2.75) is 26.0 Å². The highest BCUT2D eigenvalue weighted by molar-refractivity contribution is 5.85. The van der Waals surface area contributed by atoms with Crippen molar-refractivity contribution < 1.29 is 4.74 Å². The highest BCUT2D eigenvalue weighted by Gasteiger charge is 2.12. The summed E-state index contributed by atoms with van der Waals surface area (Å²) >= 11 is 0. The Morgan fingerprint density at radius 1 is 1.44 bits per heavy atom. The smallest absolute Gasteiger partial charge is 0.0672 e. The molecule has 56 valence electrons. The van der Waals surface area contributed by atoms with E-state index in [1.54, 1.807) is 0 Å². The van der Waals surface area contributed by atoms with Crippen molar-refractivity contribution in [1.82, 2.24) is 5.32 Å². The Labute approximate surface area is 62.4 Å². The van der Waals surface area contributed by atoms with E-state index in [0.29, 0.717) is 12.1 Å². The van der Waals surface area contributed by atoms with Crippen LogP contribution in [0.2, 0.25) is 0 Å². The van der Waals surface area contributed by atoms with Crippen molar-refractivity contribution in [3.8, 4) is 0 Å². The van der Waals surface area contributed by atoms with Crippen molar-refractivity contribution >= 4 is 12.4 Å². The fourth-order valence-electron chi connectivity index (χ4n) is 0.794. The van der Waals surface area contributed by atoms with Gasteiger partial charge in [-0.2, -0.15) is 0 Å². The van der Waals surface area contributed by atoms with Crippen LogP contribution in [-0.2, 0) is 4.74 Å². The molecule has 1 fully saturated rings. The van der Waals surface area contributed by atoms with Gasteiger partial charge in [-0.05, 0) is 13.8 Å². The molecule has 0 spiro atoms. The molecule has 1 unspecified atom stereocenters. The predicted molar refractivity (Wildman–Crippen MR) is 40.1 cm³/mol. The number of ether oxygens (including phenoxy) is 1. The molecule has 0 saturated carbocycles. The van der Waals surface area contributed by atoms with Crippen LogP contribution in [0.1, 0.15) is 13.8 Å². The number of halogens is 1. The lowest BCUT2D eigenvalue weighted by atomic mass is 10.3. The Hall–Kier alpha value is 0.210. The van der Waals surface area contributed by atoms with Crippen molar-refractivity contribution in [3.05, 3.63) is 0 Å². The van der Waals surface area contributed by atoms with E-state index in [1.807, 2.05) is 0 Å². The average Bonchev–Trinajstić information content (AvgIpc) is 1.77. The van der Waals surface area contributed by atoms with E-state index < -0.39 is 0 Å². The fourth-order valence-corrected chi connectivity index (χ4v) is 0.794. The summed E-state index contributed by atoms with van der Waals surface area (Å²) < 4.78 is 5.33. The zero-order valence-electron chi connectivity index (χ0n) is 5.89. The predicted octanol–water partition coefficient (Wildman–Crippen LogP) is 0.805. The van der Waals surface area contributed by atoms with Gasteiger partial charge in [0.2, 0.25) is 0 Å². The first-order valence-electron chi connectivity index (χ1n) is 3.14. The summed E-state index contributed by atoms with van der Waals surface area (Å²) in [5.74, 6) is 0. The monoisotopic (exact) mass is 151 g/mol. The number of hydrogen-bond acceptors (Lipinski definition) is 2. The summed E-state index contributed by atoms with van der Waals surface area (Å²) in [4.78, 5) is 0. The molecule has 1 aliphatic heterocycles. The van der Waals surface area contributed by atoms with Crippen molar-refractivity contribution in [1.29, 1.82) is 0 Å². The maximum absolute atomic E-state index is 5.33. The lowest BCUT2D eigenvalue weighted by molar-refractivity contribution is 0.0196. The Kier molecular flexibility index (Phi) is 4.19. The molecule has 0 bridgehead atoms. The molecule has 1 rings (SSSR count). The van der Waals surface area contributed by atoms with Crippen LogP contribution in [0.25, 0.3) is 0 Å². The molecule has 1 heterocycles. The maximum atomic E-state index is 5.33. The minimum atomic E-state index is 0. The van der Waals surface area contributed by atoms with Crippen LogP contribution in [-0.4, -0.2) is 25.3 Å². The third-order valence-electron chi connectivity index (χ3n) is 1.38. The van der Waals surface area contributed by atoms with E-state index in [0.717, 1.165) is 13.2 Å². The third kappa shape index (κ3) is 3.04. The van der Waals surface area contributed by atoms with E-state index >= 15 is 0 Å². The van der Waals surface area contributed by atoms with Crippen LogP contribution < -0.4 is 5.32 Å². The van der Waals surface area contributed by atoms with E-state index in [9.17, 15) is 0 Å². The Morgan fingerprint density at radius 2 is 2.11 bits per heavy atom. The molecule has 1 saturated heterocycles. The fraction of sp³-hybridized carbons (Fsp3) is 1.00. The Bertz CT molecular complexity index is 61.5. The highest BCUT2D eigenvalue weighted by Crippen LogP contribution is 1.97. The molecule has 1 aliphatic rings. The van der Waals surface area contributed by atoms with E-state index in [1.165, 1.54) is 0 Å². The summed E-state index contributed by atoms with van der Waals surface area (Å²) in [5, 5.41) is 3.31. The van der Waals surface area contributed by atoms with Crippen molar-refractivity contribution in [3.63, 3.8) is 0 Å². The second kappa shape index (κ2) is 4.09. The molecular formula is C6H14ClNO. The topological polar surface area (TPSA) is 21.3 Å². The lowest BCUT2D eigenvalue weighted by Gasteiger charge is -2.25. The first-order chi connectivity index (χ1) is 3.79. The average molecular weight is 152 g/mol. The molecular weight excluding hydrogens is 138 g/mol. The van der Waals surface area contributed by atoms with E-state index in [4.69, 9.17) is 4.74 Å². The normalized spacial score (nSPS) is 35.3. The molecule has 0 amide bonds. The highest BCUT2D eigenvalue weighted by atomic mass is 35.5. The van der Waals surface area contributed by atoms with E-state index in [-0.39, 0.29) is 12.4 Å². The molecule has 0 aromatic rings. The minimum Gasteiger partial charge on any atom is -0.376 e. The van der Waals surface area contributed by atoms with Gasteiger partial charge in [-0.1, -0.05) is 0 Å². The summed E-state index contributed by atoms with van der Waals surface area (Å²) in [5.41, 5.74) is 0. The minimum absolute atomic E-state index is 0. The van der Waals surface area contributed by atoms with Gasteiger partial charge in [0.15, 0.2) is 0 Å². The zero-order valence-corrected chi connectivity index (χ0v) is 6.70. The largest absolute Gasteiger partial charge is 0.376 e. The molecule has 2 nitrogen and oxygen atoms in total. The SMILES string of the molecule is CC1CN[C@H](C)CO1.Cl.